The molecular formula is C7H5N5O2. The Bertz CT molecular complexity index is 452. The fourth-order valence-electron chi connectivity index (χ4n) is 1.03. The number of hydrogen-bond donors (Lipinski definition) is 1. The van der Waals surface area contributed by atoms with Crippen LogP contribution in [-0.4, -0.2) is 25.1 Å². The van der Waals surface area contributed by atoms with Crippen molar-refractivity contribution >= 4 is 5.69 Å². The molecule has 0 radical (unpaired) electrons. The number of nitrogens with zero attached hydrogens (tertiary/aromatic N) is 4. The van der Waals surface area contributed by atoms with Gasteiger partial charge in [0.1, 0.15) is 11.9 Å². The predicted octanol–water partition coefficient (Wildman–Crippen LogP) is 0.775. The molecule has 0 aliphatic rings. The second-order valence-electron chi connectivity index (χ2n) is 2.47. The Morgan fingerprint density at radius 1 is 1.43 bits per heavy atom. The lowest BCUT2D eigenvalue weighted by Crippen LogP contribution is -1.91. The number of nitrogens with one attached hydrogen (secondary N) is 1. The smallest absolute Gasteiger partial charge is 0.278 e. The summed E-state index contributed by atoms with van der Waals surface area (Å²) in [5.74, 6) is 0. The van der Waals surface area contributed by atoms with Gasteiger partial charge < -0.3 is 0 Å². The molecule has 0 saturated heterocycles. The van der Waals surface area contributed by atoms with Crippen LogP contribution < -0.4 is 0 Å². The highest BCUT2D eigenvalue weighted by molar-refractivity contribution is 5.64. The van der Waals surface area contributed by atoms with Crippen LogP contribution in [0.25, 0.3) is 11.4 Å². The topological polar surface area (TPSA) is 97.6 Å². The van der Waals surface area contributed by atoms with Crippen molar-refractivity contribution in [3.8, 4) is 11.4 Å². The minimum atomic E-state index is -0.520. The molecule has 2 aromatic rings. The van der Waals surface area contributed by atoms with Gasteiger partial charge in [-0.1, -0.05) is 0 Å². The van der Waals surface area contributed by atoms with Crippen molar-refractivity contribution in [1.29, 1.82) is 0 Å². The molecule has 1 N–H and O–H groups in total. The van der Waals surface area contributed by atoms with Crippen molar-refractivity contribution in [2.45, 2.75) is 0 Å². The SMILES string of the molecule is O=[N+]([O-])c1c[nH]nc1-c1cnccn1. The van der Waals surface area contributed by atoms with Crippen LogP contribution >= 0.6 is 0 Å². The molecule has 0 atom stereocenters. The van der Waals surface area contributed by atoms with E-state index in [9.17, 15) is 10.1 Å². The summed E-state index contributed by atoms with van der Waals surface area (Å²) in [4.78, 5) is 17.8. The Morgan fingerprint density at radius 3 is 2.93 bits per heavy atom. The molecule has 7 heteroatoms. The van der Waals surface area contributed by atoms with Gasteiger partial charge in [0.05, 0.1) is 11.1 Å². The molecule has 0 fully saturated rings. The summed E-state index contributed by atoms with van der Waals surface area (Å²) in [7, 11) is 0. The van der Waals surface area contributed by atoms with Crippen molar-refractivity contribution in [2.75, 3.05) is 0 Å². The van der Waals surface area contributed by atoms with E-state index in [-0.39, 0.29) is 11.4 Å². The normalized spacial score (nSPS) is 10.0. The third-order valence-corrected chi connectivity index (χ3v) is 1.62. The van der Waals surface area contributed by atoms with Crippen LogP contribution in [0.1, 0.15) is 0 Å². The fourth-order valence-corrected chi connectivity index (χ4v) is 1.03. The van der Waals surface area contributed by atoms with Gasteiger partial charge in [-0.15, -0.1) is 0 Å². The molecule has 2 heterocycles. The van der Waals surface area contributed by atoms with Gasteiger partial charge in [0.15, 0.2) is 5.69 Å². The molecule has 0 aromatic carbocycles. The third kappa shape index (κ3) is 1.30. The lowest BCUT2D eigenvalue weighted by Gasteiger charge is -1.92. The molecule has 0 amide bonds. The zero-order valence-corrected chi connectivity index (χ0v) is 6.91. The second kappa shape index (κ2) is 3.21. The van der Waals surface area contributed by atoms with Crippen LogP contribution in [0, 0.1) is 10.1 Å². The lowest BCUT2D eigenvalue weighted by molar-refractivity contribution is -0.384. The maximum atomic E-state index is 10.6. The molecule has 0 spiro atoms. The maximum absolute atomic E-state index is 10.6. The first-order chi connectivity index (χ1) is 6.79. The van der Waals surface area contributed by atoms with E-state index in [0.29, 0.717) is 5.69 Å². The minimum Gasteiger partial charge on any atom is -0.278 e. The molecule has 70 valence electrons. The highest BCUT2D eigenvalue weighted by atomic mass is 16.6. The first kappa shape index (κ1) is 8.30. The zero-order chi connectivity index (χ0) is 9.97. The quantitative estimate of drug-likeness (QED) is 0.558. The van der Waals surface area contributed by atoms with E-state index in [1.54, 1.807) is 0 Å². The van der Waals surface area contributed by atoms with Crippen molar-refractivity contribution in [1.82, 2.24) is 20.2 Å². The molecule has 2 aromatic heterocycles. The predicted molar refractivity (Wildman–Crippen MR) is 46.3 cm³/mol. The Morgan fingerprint density at radius 2 is 2.29 bits per heavy atom. The van der Waals surface area contributed by atoms with E-state index in [4.69, 9.17) is 0 Å². The molecule has 0 aliphatic carbocycles. The van der Waals surface area contributed by atoms with Gasteiger partial charge in [-0.2, -0.15) is 5.10 Å². The average molecular weight is 191 g/mol. The standard InChI is InChI=1S/C7H5N5O2/c13-12(14)6-4-10-11-7(6)5-3-8-1-2-9-5/h1-4H,(H,10,11). The summed E-state index contributed by atoms with van der Waals surface area (Å²) >= 11 is 0. The summed E-state index contributed by atoms with van der Waals surface area (Å²) in [5.41, 5.74) is 0.467. The second-order valence-corrected chi connectivity index (χ2v) is 2.47. The van der Waals surface area contributed by atoms with Crippen LogP contribution in [0.5, 0.6) is 0 Å². The molecular weight excluding hydrogens is 186 g/mol. The number of H-pyrrole nitrogens is 1. The Kier molecular flexibility index (Phi) is 1.90. The van der Waals surface area contributed by atoms with Crippen molar-refractivity contribution in [3.05, 3.63) is 34.9 Å². The van der Waals surface area contributed by atoms with Crippen LogP contribution in [0.3, 0.4) is 0 Å². The van der Waals surface area contributed by atoms with E-state index in [1.165, 1.54) is 24.8 Å². The Hall–Kier alpha value is -2.31. The molecule has 0 aliphatic heterocycles. The minimum absolute atomic E-state index is 0.106. The molecule has 0 saturated carbocycles. The number of aromatic nitrogens is 4. The van der Waals surface area contributed by atoms with Crippen molar-refractivity contribution < 1.29 is 4.92 Å². The van der Waals surface area contributed by atoms with Gasteiger partial charge in [-0.3, -0.25) is 25.2 Å². The Balaban J connectivity index is 2.52. The van der Waals surface area contributed by atoms with E-state index in [0.717, 1.165) is 0 Å². The number of hydrogen-bond acceptors (Lipinski definition) is 5. The van der Waals surface area contributed by atoms with Crippen LogP contribution in [0.15, 0.2) is 24.8 Å². The van der Waals surface area contributed by atoms with E-state index < -0.39 is 4.92 Å². The van der Waals surface area contributed by atoms with Crippen LogP contribution in [0.4, 0.5) is 5.69 Å². The summed E-state index contributed by atoms with van der Waals surface area (Å²) in [6, 6.07) is 0. The van der Waals surface area contributed by atoms with Gasteiger partial charge >= 0.3 is 5.69 Å². The molecule has 2 rings (SSSR count). The molecule has 14 heavy (non-hydrogen) atoms. The average Bonchev–Trinajstić information content (AvgIpc) is 2.67. The van der Waals surface area contributed by atoms with Gasteiger partial charge in [0.25, 0.3) is 0 Å². The lowest BCUT2D eigenvalue weighted by atomic mass is 10.3. The van der Waals surface area contributed by atoms with E-state index in [1.807, 2.05) is 0 Å². The van der Waals surface area contributed by atoms with Gasteiger partial charge in [0.2, 0.25) is 0 Å². The molecule has 0 unspecified atom stereocenters. The highest BCUT2D eigenvalue weighted by Crippen LogP contribution is 2.23. The third-order valence-electron chi connectivity index (χ3n) is 1.62. The number of nitro groups is 1. The van der Waals surface area contributed by atoms with Crippen molar-refractivity contribution in [2.24, 2.45) is 0 Å². The van der Waals surface area contributed by atoms with Gasteiger partial charge in [-0.05, 0) is 0 Å². The number of aromatic amines is 1. The first-order valence-corrected chi connectivity index (χ1v) is 3.73. The first-order valence-electron chi connectivity index (χ1n) is 3.73. The summed E-state index contributed by atoms with van der Waals surface area (Å²) < 4.78 is 0. The summed E-state index contributed by atoms with van der Waals surface area (Å²) in [6.07, 6.45) is 5.57. The number of rotatable bonds is 2. The van der Waals surface area contributed by atoms with Gasteiger partial charge in [0, 0.05) is 12.4 Å². The van der Waals surface area contributed by atoms with E-state index in [2.05, 4.69) is 20.2 Å². The highest BCUT2D eigenvalue weighted by Gasteiger charge is 2.18. The maximum Gasteiger partial charge on any atom is 0.316 e. The summed E-state index contributed by atoms with van der Waals surface area (Å²) in [5, 5.41) is 16.7. The zero-order valence-electron chi connectivity index (χ0n) is 6.91. The van der Waals surface area contributed by atoms with Gasteiger partial charge in [-0.25, -0.2) is 0 Å². The fraction of sp³-hybridized carbons (Fsp3) is 0. The molecule has 0 bridgehead atoms. The monoisotopic (exact) mass is 191 g/mol. The summed E-state index contributed by atoms with van der Waals surface area (Å²) in [6.45, 7) is 0. The molecule has 7 nitrogen and oxygen atoms in total. The largest absolute Gasteiger partial charge is 0.316 e. The van der Waals surface area contributed by atoms with Crippen LogP contribution in [-0.2, 0) is 0 Å². The van der Waals surface area contributed by atoms with Crippen molar-refractivity contribution in [3.63, 3.8) is 0 Å². The van der Waals surface area contributed by atoms with Crippen LogP contribution in [0.2, 0.25) is 0 Å². The Labute approximate surface area is 78.0 Å². The van der Waals surface area contributed by atoms with E-state index >= 15 is 0 Å².